The van der Waals surface area contributed by atoms with E-state index in [4.69, 9.17) is 4.42 Å². The number of para-hydroxylation sites is 2. The second-order valence-electron chi connectivity index (χ2n) is 7.53. The average Bonchev–Trinajstić information content (AvgIpc) is 3.37. The van der Waals surface area contributed by atoms with Gasteiger partial charge >= 0.3 is 0 Å². The lowest BCUT2D eigenvalue weighted by Crippen LogP contribution is -2.32. The number of rotatable bonds is 7. The number of amides is 1. The number of carbonyl (C=O) groups is 1. The second kappa shape index (κ2) is 8.49. The van der Waals surface area contributed by atoms with E-state index in [1.807, 2.05) is 38.1 Å². The van der Waals surface area contributed by atoms with Crippen molar-refractivity contribution >= 4 is 16.9 Å². The number of aromatic amines is 1. The topological polar surface area (TPSA) is 83.8 Å². The largest absolute Gasteiger partial charge is 0.441 e. The van der Waals surface area contributed by atoms with Crippen LogP contribution in [0, 0.1) is 11.7 Å². The quantitative estimate of drug-likeness (QED) is 0.462. The molecule has 6 nitrogen and oxygen atoms in total. The third-order valence-corrected chi connectivity index (χ3v) is 4.94. The molecule has 0 saturated heterocycles. The van der Waals surface area contributed by atoms with Crippen LogP contribution < -0.4 is 5.32 Å². The normalized spacial score (nSPS) is 12.4. The Bertz CT molecular complexity index is 1130. The van der Waals surface area contributed by atoms with Gasteiger partial charge in [-0.15, -0.1) is 0 Å². The number of hydrogen-bond acceptors (Lipinski definition) is 4. The highest BCUT2D eigenvalue weighted by atomic mass is 19.1. The van der Waals surface area contributed by atoms with Gasteiger partial charge in [0.25, 0.3) is 0 Å². The molecule has 4 aromatic rings. The number of nitrogens with zero attached hydrogens (tertiary/aromatic N) is 2. The van der Waals surface area contributed by atoms with Crippen molar-refractivity contribution in [1.29, 1.82) is 0 Å². The Kier molecular flexibility index (Phi) is 5.61. The fourth-order valence-electron chi connectivity index (χ4n) is 3.35. The number of hydrogen-bond donors (Lipinski definition) is 2. The van der Waals surface area contributed by atoms with E-state index in [2.05, 4.69) is 20.3 Å². The fraction of sp³-hybridized carbons (Fsp3) is 0.261. The van der Waals surface area contributed by atoms with Crippen LogP contribution in [0.2, 0.25) is 0 Å². The van der Waals surface area contributed by atoms with E-state index in [1.54, 1.807) is 18.2 Å². The monoisotopic (exact) mass is 406 g/mol. The molecule has 0 saturated carbocycles. The van der Waals surface area contributed by atoms with Crippen molar-refractivity contribution in [1.82, 2.24) is 20.3 Å². The van der Waals surface area contributed by atoms with E-state index in [9.17, 15) is 9.18 Å². The highest BCUT2D eigenvalue weighted by Crippen LogP contribution is 2.24. The third-order valence-electron chi connectivity index (χ3n) is 4.94. The van der Waals surface area contributed by atoms with Gasteiger partial charge in [-0.25, -0.2) is 14.4 Å². The molecule has 2 aromatic heterocycles. The minimum Gasteiger partial charge on any atom is -0.441 e. The van der Waals surface area contributed by atoms with Gasteiger partial charge in [0.2, 0.25) is 5.91 Å². The Labute approximate surface area is 173 Å². The number of oxazole rings is 1. The van der Waals surface area contributed by atoms with E-state index >= 15 is 0 Å². The SMILES string of the molecule is CC(C)[C@H](NC(=O)CCc1ncc(-c2ccccc2F)o1)c1nc2ccccc2[nH]1. The summed E-state index contributed by atoms with van der Waals surface area (Å²) in [5.74, 6) is 1.14. The smallest absolute Gasteiger partial charge is 0.221 e. The standard InChI is InChI=1S/C23H23FN4O2/c1-14(2)22(23-26-17-9-5-6-10-18(17)27-23)28-20(29)11-12-21-25-13-19(30-21)15-7-3-4-8-16(15)24/h3-10,13-14,22H,11-12H2,1-2H3,(H,26,27)(H,28,29)/t22-/m0/s1. The zero-order valence-electron chi connectivity index (χ0n) is 16.9. The summed E-state index contributed by atoms with van der Waals surface area (Å²) < 4.78 is 19.5. The summed E-state index contributed by atoms with van der Waals surface area (Å²) in [5.41, 5.74) is 2.16. The van der Waals surface area contributed by atoms with Crippen LogP contribution >= 0.6 is 0 Å². The molecule has 4 rings (SSSR count). The molecule has 0 radical (unpaired) electrons. The predicted molar refractivity (Wildman–Crippen MR) is 112 cm³/mol. The van der Waals surface area contributed by atoms with Crippen molar-refractivity contribution in [2.45, 2.75) is 32.7 Å². The zero-order valence-corrected chi connectivity index (χ0v) is 16.9. The molecule has 2 aromatic carbocycles. The Morgan fingerprint density at radius 2 is 1.93 bits per heavy atom. The highest BCUT2D eigenvalue weighted by molar-refractivity contribution is 5.77. The van der Waals surface area contributed by atoms with Crippen LogP contribution in [0.3, 0.4) is 0 Å². The van der Waals surface area contributed by atoms with Crippen molar-refractivity contribution in [2.24, 2.45) is 5.92 Å². The molecule has 0 aliphatic heterocycles. The van der Waals surface area contributed by atoms with Gasteiger partial charge in [-0.3, -0.25) is 4.79 Å². The van der Waals surface area contributed by atoms with Crippen LogP contribution in [0.5, 0.6) is 0 Å². The number of fused-ring (bicyclic) bond motifs is 1. The molecule has 0 unspecified atom stereocenters. The molecule has 30 heavy (non-hydrogen) atoms. The van der Waals surface area contributed by atoms with Gasteiger partial charge in [-0.1, -0.05) is 38.1 Å². The Morgan fingerprint density at radius 1 is 1.17 bits per heavy atom. The zero-order chi connectivity index (χ0) is 21.1. The maximum absolute atomic E-state index is 13.9. The summed E-state index contributed by atoms with van der Waals surface area (Å²) >= 11 is 0. The van der Waals surface area contributed by atoms with Crippen LogP contribution in [0.1, 0.15) is 38.0 Å². The number of halogens is 1. The predicted octanol–water partition coefficient (Wildman–Crippen LogP) is 4.80. The van der Waals surface area contributed by atoms with E-state index in [1.165, 1.54) is 12.3 Å². The van der Waals surface area contributed by atoms with Gasteiger partial charge in [0.05, 0.1) is 28.8 Å². The number of imidazole rings is 1. The third kappa shape index (κ3) is 4.25. The Morgan fingerprint density at radius 3 is 2.70 bits per heavy atom. The molecule has 154 valence electrons. The molecule has 0 bridgehead atoms. The number of nitrogens with one attached hydrogen (secondary N) is 2. The second-order valence-corrected chi connectivity index (χ2v) is 7.53. The lowest BCUT2D eigenvalue weighted by atomic mass is 10.0. The van der Waals surface area contributed by atoms with Crippen molar-refractivity contribution in [3.63, 3.8) is 0 Å². The molecule has 0 spiro atoms. The van der Waals surface area contributed by atoms with Crippen LogP contribution in [0.15, 0.2) is 59.1 Å². The fourth-order valence-corrected chi connectivity index (χ4v) is 3.35. The van der Waals surface area contributed by atoms with Crippen molar-refractivity contribution in [2.75, 3.05) is 0 Å². The molecule has 0 aliphatic rings. The lowest BCUT2D eigenvalue weighted by Gasteiger charge is -2.20. The molecule has 1 atom stereocenters. The van der Waals surface area contributed by atoms with Crippen molar-refractivity contribution < 1.29 is 13.6 Å². The number of aromatic nitrogens is 3. The van der Waals surface area contributed by atoms with Gasteiger partial charge in [0.1, 0.15) is 11.6 Å². The van der Waals surface area contributed by atoms with Crippen LogP contribution in [0.25, 0.3) is 22.4 Å². The molecular formula is C23H23FN4O2. The summed E-state index contributed by atoms with van der Waals surface area (Å²) in [6.07, 6.45) is 2.02. The summed E-state index contributed by atoms with van der Waals surface area (Å²) in [4.78, 5) is 24.6. The molecular weight excluding hydrogens is 383 g/mol. The maximum atomic E-state index is 13.9. The van der Waals surface area contributed by atoms with Gasteiger partial charge < -0.3 is 14.7 Å². The van der Waals surface area contributed by atoms with E-state index in [-0.39, 0.29) is 30.1 Å². The number of benzene rings is 2. The van der Waals surface area contributed by atoms with Crippen LogP contribution in [0.4, 0.5) is 4.39 Å². The number of carbonyl (C=O) groups excluding carboxylic acids is 1. The summed E-state index contributed by atoms with van der Waals surface area (Å²) in [7, 11) is 0. The molecule has 2 N–H and O–H groups in total. The van der Waals surface area contributed by atoms with Gasteiger partial charge in [0, 0.05) is 12.8 Å². The number of aryl methyl sites for hydroxylation is 1. The maximum Gasteiger partial charge on any atom is 0.221 e. The van der Waals surface area contributed by atoms with Crippen LogP contribution in [-0.4, -0.2) is 20.9 Å². The summed E-state index contributed by atoms with van der Waals surface area (Å²) in [5, 5.41) is 3.05. The van der Waals surface area contributed by atoms with E-state index < -0.39 is 0 Å². The van der Waals surface area contributed by atoms with Crippen LogP contribution in [-0.2, 0) is 11.2 Å². The minimum atomic E-state index is -0.372. The average molecular weight is 406 g/mol. The van der Waals surface area contributed by atoms with E-state index in [0.717, 1.165) is 16.9 Å². The molecule has 0 aliphatic carbocycles. The molecule has 7 heteroatoms. The lowest BCUT2D eigenvalue weighted by molar-refractivity contribution is -0.122. The first-order chi connectivity index (χ1) is 14.5. The first kappa shape index (κ1) is 19.8. The Balaban J connectivity index is 1.40. The Hall–Kier alpha value is -3.48. The van der Waals surface area contributed by atoms with E-state index in [0.29, 0.717) is 23.6 Å². The molecule has 0 fully saturated rings. The molecule has 2 heterocycles. The van der Waals surface area contributed by atoms with Crippen molar-refractivity contribution in [3.05, 3.63) is 72.3 Å². The summed E-state index contributed by atoms with van der Waals surface area (Å²) in [6.45, 7) is 4.07. The van der Waals surface area contributed by atoms with Crippen molar-refractivity contribution in [3.8, 4) is 11.3 Å². The van der Waals surface area contributed by atoms with Gasteiger partial charge in [0.15, 0.2) is 11.7 Å². The first-order valence-corrected chi connectivity index (χ1v) is 9.95. The summed E-state index contributed by atoms with van der Waals surface area (Å²) in [6, 6.07) is 13.9. The van der Waals surface area contributed by atoms with Gasteiger partial charge in [-0.2, -0.15) is 0 Å². The minimum absolute atomic E-state index is 0.125. The van der Waals surface area contributed by atoms with Gasteiger partial charge in [-0.05, 0) is 30.2 Å². The highest BCUT2D eigenvalue weighted by Gasteiger charge is 2.22. The molecule has 1 amide bonds. The first-order valence-electron chi connectivity index (χ1n) is 9.95. The number of H-pyrrole nitrogens is 1.